The van der Waals surface area contributed by atoms with Gasteiger partial charge in [-0.05, 0) is 26.0 Å². The molecule has 2 N–H and O–H groups in total. The maximum absolute atomic E-state index is 13.4. The minimum atomic E-state index is -0.741. The third-order valence-electron chi connectivity index (χ3n) is 1.88. The molecule has 94 valence electrons. The molecule has 6 heteroatoms. The summed E-state index contributed by atoms with van der Waals surface area (Å²) in [6.07, 6.45) is 0. The molecule has 0 bridgehead atoms. The summed E-state index contributed by atoms with van der Waals surface area (Å²) in [6, 6.07) is 2.25. The van der Waals surface area contributed by atoms with Crippen LogP contribution in [0.5, 0.6) is 0 Å². The largest absolute Gasteiger partial charge is 0.371 e. The zero-order chi connectivity index (χ0) is 13.0. The Balaban J connectivity index is 2.67. The second-order valence-electron chi connectivity index (χ2n) is 3.82. The van der Waals surface area contributed by atoms with Gasteiger partial charge in [-0.2, -0.15) is 0 Å². The van der Waals surface area contributed by atoms with Crippen molar-refractivity contribution in [2.75, 3.05) is 11.9 Å². The van der Waals surface area contributed by atoms with E-state index in [9.17, 15) is 13.6 Å². The van der Waals surface area contributed by atoms with Crippen molar-refractivity contribution in [3.05, 3.63) is 28.2 Å². The Morgan fingerprint density at radius 3 is 2.35 bits per heavy atom. The first-order valence-electron chi connectivity index (χ1n) is 5.08. The van der Waals surface area contributed by atoms with Crippen molar-refractivity contribution in [1.29, 1.82) is 0 Å². The van der Waals surface area contributed by atoms with Gasteiger partial charge in [0.05, 0.1) is 6.54 Å². The Kier molecular flexibility index (Phi) is 4.86. The van der Waals surface area contributed by atoms with Crippen molar-refractivity contribution < 1.29 is 13.6 Å². The van der Waals surface area contributed by atoms with E-state index in [4.69, 9.17) is 0 Å². The van der Waals surface area contributed by atoms with Crippen LogP contribution in [0.2, 0.25) is 0 Å². The van der Waals surface area contributed by atoms with Gasteiger partial charge in [-0.15, -0.1) is 0 Å². The van der Waals surface area contributed by atoms with E-state index in [1.165, 1.54) is 0 Å². The average molecular weight is 307 g/mol. The summed E-state index contributed by atoms with van der Waals surface area (Å²) in [5, 5.41) is 5.04. The number of carbonyl (C=O) groups is 1. The van der Waals surface area contributed by atoms with Crippen molar-refractivity contribution in [1.82, 2.24) is 5.32 Å². The van der Waals surface area contributed by atoms with Crippen LogP contribution in [0.1, 0.15) is 13.8 Å². The second kappa shape index (κ2) is 5.95. The lowest BCUT2D eigenvalue weighted by Gasteiger charge is -2.11. The van der Waals surface area contributed by atoms with Crippen LogP contribution >= 0.6 is 15.9 Å². The molecule has 1 rings (SSSR count). The summed E-state index contributed by atoms with van der Waals surface area (Å²) in [6.45, 7) is 3.44. The highest BCUT2D eigenvalue weighted by Crippen LogP contribution is 2.23. The molecule has 0 aromatic heterocycles. The highest BCUT2D eigenvalue weighted by atomic mass is 79.9. The molecule has 1 aromatic rings. The standard InChI is InChI=1S/C11H13BrF2N2O/c1-6(2)16-10(17)5-15-11-8(13)3-7(12)4-9(11)14/h3-4,6,15H,5H2,1-2H3,(H,16,17). The van der Waals surface area contributed by atoms with Crippen LogP contribution < -0.4 is 10.6 Å². The van der Waals surface area contributed by atoms with E-state index in [2.05, 4.69) is 26.6 Å². The van der Waals surface area contributed by atoms with Crippen LogP contribution in [0, 0.1) is 11.6 Å². The molecule has 0 aliphatic carbocycles. The molecular formula is C11H13BrF2N2O. The van der Waals surface area contributed by atoms with Gasteiger partial charge in [-0.3, -0.25) is 4.79 Å². The van der Waals surface area contributed by atoms with Crippen LogP contribution in [0.25, 0.3) is 0 Å². The zero-order valence-electron chi connectivity index (χ0n) is 9.48. The van der Waals surface area contributed by atoms with Crippen molar-refractivity contribution in [2.24, 2.45) is 0 Å². The summed E-state index contributed by atoms with van der Waals surface area (Å²) >= 11 is 2.97. The number of amides is 1. The van der Waals surface area contributed by atoms with Gasteiger partial charge in [0.15, 0.2) is 0 Å². The summed E-state index contributed by atoms with van der Waals surface area (Å²) < 4.78 is 27.0. The molecule has 0 fully saturated rings. The van der Waals surface area contributed by atoms with Crippen molar-refractivity contribution in [3.63, 3.8) is 0 Å². The van der Waals surface area contributed by atoms with Gasteiger partial charge in [0.2, 0.25) is 5.91 Å². The number of benzene rings is 1. The summed E-state index contributed by atoms with van der Waals surface area (Å²) in [7, 11) is 0. The molecular weight excluding hydrogens is 294 g/mol. The van der Waals surface area contributed by atoms with E-state index in [-0.39, 0.29) is 24.2 Å². The summed E-state index contributed by atoms with van der Waals surface area (Å²) in [5.41, 5.74) is -0.299. The van der Waals surface area contributed by atoms with Gasteiger partial charge >= 0.3 is 0 Å². The minimum Gasteiger partial charge on any atom is -0.371 e. The Labute approximate surface area is 107 Å². The van der Waals surface area contributed by atoms with Crippen LogP contribution in [0.3, 0.4) is 0 Å². The van der Waals surface area contributed by atoms with Crippen LogP contribution in [-0.4, -0.2) is 18.5 Å². The number of anilines is 1. The monoisotopic (exact) mass is 306 g/mol. The Bertz CT molecular complexity index is 401. The molecule has 0 spiro atoms. The topological polar surface area (TPSA) is 41.1 Å². The fraction of sp³-hybridized carbons (Fsp3) is 0.364. The second-order valence-corrected chi connectivity index (χ2v) is 4.74. The molecule has 0 saturated carbocycles. The number of carbonyl (C=O) groups excluding carboxylic acids is 1. The third kappa shape index (κ3) is 4.30. The first-order chi connectivity index (χ1) is 7.90. The number of hydrogen-bond acceptors (Lipinski definition) is 2. The summed E-state index contributed by atoms with van der Waals surface area (Å²) in [4.78, 5) is 11.3. The fourth-order valence-electron chi connectivity index (χ4n) is 1.25. The lowest BCUT2D eigenvalue weighted by molar-refractivity contribution is -0.119. The van der Waals surface area contributed by atoms with Gasteiger partial charge in [-0.25, -0.2) is 8.78 Å². The minimum absolute atomic E-state index is 0.0103. The number of rotatable bonds is 4. The molecule has 17 heavy (non-hydrogen) atoms. The Morgan fingerprint density at radius 2 is 1.88 bits per heavy atom. The SMILES string of the molecule is CC(C)NC(=O)CNc1c(F)cc(Br)cc1F. The van der Waals surface area contributed by atoms with Gasteiger partial charge in [0.1, 0.15) is 17.3 Å². The van der Waals surface area contributed by atoms with E-state index >= 15 is 0 Å². The van der Waals surface area contributed by atoms with E-state index in [0.29, 0.717) is 4.47 Å². The highest BCUT2D eigenvalue weighted by Gasteiger charge is 2.11. The molecule has 0 unspecified atom stereocenters. The maximum Gasteiger partial charge on any atom is 0.239 e. The lowest BCUT2D eigenvalue weighted by atomic mass is 10.3. The van der Waals surface area contributed by atoms with E-state index in [1.807, 2.05) is 0 Å². The molecule has 0 saturated heterocycles. The average Bonchev–Trinajstić information content (AvgIpc) is 2.14. The molecule has 0 heterocycles. The normalized spacial score (nSPS) is 10.5. The van der Waals surface area contributed by atoms with Gasteiger partial charge < -0.3 is 10.6 Å². The van der Waals surface area contributed by atoms with E-state index in [0.717, 1.165) is 12.1 Å². The zero-order valence-corrected chi connectivity index (χ0v) is 11.1. The van der Waals surface area contributed by atoms with Crippen molar-refractivity contribution in [3.8, 4) is 0 Å². The van der Waals surface area contributed by atoms with Crippen LogP contribution in [-0.2, 0) is 4.79 Å². The summed E-state index contributed by atoms with van der Waals surface area (Å²) in [5.74, 6) is -1.80. The van der Waals surface area contributed by atoms with Crippen molar-refractivity contribution in [2.45, 2.75) is 19.9 Å². The molecule has 1 aromatic carbocycles. The smallest absolute Gasteiger partial charge is 0.239 e. The first-order valence-corrected chi connectivity index (χ1v) is 5.87. The van der Waals surface area contributed by atoms with E-state index in [1.54, 1.807) is 13.8 Å². The quantitative estimate of drug-likeness (QED) is 0.898. The van der Waals surface area contributed by atoms with Gasteiger partial charge in [0, 0.05) is 10.5 Å². The van der Waals surface area contributed by atoms with Gasteiger partial charge in [-0.1, -0.05) is 15.9 Å². The Morgan fingerprint density at radius 1 is 1.35 bits per heavy atom. The molecule has 0 aliphatic rings. The Hall–Kier alpha value is -1.17. The molecule has 1 amide bonds. The van der Waals surface area contributed by atoms with Crippen LogP contribution in [0.4, 0.5) is 14.5 Å². The first kappa shape index (κ1) is 13.9. The molecule has 3 nitrogen and oxygen atoms in total. The number of nitrogens with one attached hydrogen (secondary N) is 2. The predicted octanol–water partition coefficient (Wildman–Crippen LogP) is 2.66. The van der Waals surface area contributed by atoms with Crippen molar-refractivity contribution >= 4 is 27.5 Å². The molecule has 0 radical (unpaired) electrons. The maximum atomic E-state index is 13.4. The fourth-order valence-corrected chi connectivity index (χ4v) is 1.65. The van der Waals surface area contributed by atoms with Gasteiger partial charge in [0.25, 0.3) is 0 Å². The highest BCUT2D eigenvalue weighted by molar-refractivity contribution is 9.10. The third-order valence-corrected chi connectivity index (χ3v) is 2.34. The molecule has 0 atom stereocenters. The van der Waals surface area contributed by atoms with Crippen LogP contribution in [0.15, 0.2) is 16.6 Å². The predicted molar refractivity (Wildman–Crippen MR) is 65.8 cm³/mol. The number of hydrogen-bond donors (Lipinski definition) is 2. The lowest BCUT2D eigenvalue weighted by Crippen LogP contribution is -2.35. The van der Waals surface area contributed by atoms with E-state index < -0.39 is 11.6 Å². The molecule has 0 aliphatic heterocycles. The number of halogens is 3.